The largest absolute Gasteiger partial charge is 0.450 e. The minimum atomic E-state index is -0.348. The Morgan fingerprint density at radius 1 is 0.960 bits per heavy atom. The number of benzene rings is 1. The van der Waals surface area contributed by atoms with Gasteiger partial charge >= 0.3 is 6.09 Å². The van der Waals surface area contributed by atoms with Crippen molar-refractivity contribution in [3.8, 4) is 0 Å². The molecule has 7 nitrogen and oxygen atoms in total. The van der Waals surface area contributed by atoms with Crippen LogP contribution in [0, 0.1) is 0 Å². The zero-order chi connectivity index (χ0) is 17.8. The average molecular weight is 345 g/mol. The molecule has 0 radical (unpaired) electrons. The molecule has 2 heterocycles. The molecule has 7 heteroatoms. The molecular formula is C18H23N3O4. The monoisotopic (exact) mass is 345 g/mol. The van der Waals surface area contributed by atoms with E-state index in [1.54, 1.807) is 21.6 Å². The highest BCUT2D eigenvalue weighted by molar-refractivity contribution is 6.06. The SMILES string of the molecule is CCOC(=O)N1CCN(C(=O)CC(=O)N2CCc3ccccc32)CC1. The van der Waals surface area contributed by atoms with Crippen molar-refractivity contribution in [2.75, 3.05) is 44.2 Å². The van der Waals surface area contributed by atoms with Gasteiger partial charge in [-0.25, -0.2) is 4.79 Å². The molecule has 2 aliphatic heterocycles. The summed E-state index contributed by atoms with van der Waals surface area (Å²) in [6.45, 7) is 4.46. The molecule has 2 aliphatic rings. The van der Waals surface area contributed by atoms with E-state index in [9.17, 15) is 14.4 Å². The van der Waals surface area contributed by atoms with Crippen LogP contribution in [0.1, 0.15) is 18.9 Å². The van der Waals surface area contributed by atoms with E-state index in [0.29, 0.717) is 39.3 Å². The highest BCUT2D eigenvalue weighted by Gasteiger charge is 2.29. The Balaban J connectivity index is 1.52. The van der Waals surface area contributed by atoms with Gasteiger partial charge in [0.1, 0.15) is 6.42 Å². The Labute approximate surface area is 147 Å². The van der Waals surface area contributed by atoms with E-state index in [1.165, 1.54) is 0 Å². The van der Waals surface area contributed by atoms with Crippen molar-refractivity contribution < 1.29 is 19.1 Å². The lowest BCUT2D eigenvalue weighted by atomic mass is 10.2. The Morgan fingerprint density at radius 2 is 1.64 bits per heavy atom. The summed E-state index contributed by atoms with van der Waals surface area (Å²) in [5.41, 5.74) is 2.05. The maximum atomic E-state index is 12.5. The number of nitrogens with zero attached hydrogens (tertiary/aromatic N) is 3. The molecule has 0 N–H and O–H groups in total. The zero-order valence-electron chi connectivity index (χ0n) is 14.4. The van der Waals surface area contributed by atoms with E-state index in [4.69, 9.17) is 4.74 Å². The predicted octanol–water partition coefficient (Wildman–Crippen LogP) is 1.27. The molecule has 1 aromatic rings. The first-order chi connectivity index (χ1) is 12.1. The molecule has 0 aliphatic carbocycles. The van der Waals surface area contributed by atoms with Gasteiger partial charge in [0, 0.05) is 38.4 Å². The van der Waals surface area contributed by atoms with Crippen molar-refractivity contribution in [1.82, 2.24) is 9.80 Å². The van der Waals surface area contributed by atoms with Crippen LogP contribution in [0.15, 0.2) is 24.3 Å². The van der Waals surface area contributed by atoms with Crippen LogP contribution in [0.25, 0.3) is 0 Å². The standard InChI is InChI=1S/C18H23N3O4/c1-2-25-18(24)20-11-9-19(10-12-20)16(22)13-17(23)21-8-7-14-5-3-4-6-15(14)21/h3-6H,2,7-13H2,1H3. The molecule has 0 bridgehead atoms. The van der Waals surface area contributed by atoms with Crippen LogP contribution < -0.4 is 4.90 Å². The molecule has 0 aromatic heterocycles. The van der Waals surface area contributed by atoms with Gasteiger partial charge in [-0.15, -0.1) is 0 Å². The number of carbonyl (C=O) groups excluding carboxylic acids is 3. The van der Waals surface area contributed by atoms with Gasteiger partial charge < -0.3 is 19.4 Å². The fourth-order valence-electron chi connectivity index (χ4n) is 3.29. The number of para-hydroxylation sites is 1. The number of piperazine rings is 1. The van der Waals surface area contributed by atoms with Gasteiger partial charge in [0.15, 0.2) is 0 Å². The predicted molar refractivity (Wildman–Crippen MR) is 92.3 cm³/mol. The van der Waals surface area contributed by atoms with Gasteiger partial charge in [0.2, 0.25) is 11.8 Å². The van der Waals surface area contributed by atoms with Crippen LogP contribution in [0.3, 0.4) is 0 Å². The van der Waals surface area contributed by atoms with Crippen LogP contribution in [-0.2, 0) is 20.7 Å². The molecule has 1 fully saturated rings. The molecule has 3 amide bonds. The smallest absolute Gasteiger partial charge is 0.409 e. The van der Waals surface area contributed by atoms with Crippen molar-refractivity contribution in [3.63, 3.8) is 0 Å². The van der Waals surface area contributed by atoms with Gasteiger partial charge in [-0.1, -0.05) is 18.2 Å². The van der Waals surface area contributed by atoms with Gasteiger partial charge in [0.05, 0.1) is 6.61 Å². The summed E-state index contributed by atoms with van der Waals surface area (Å²) in [4.78, 5) is 41.6. The molecule has 3 rings (SSSR count). The molecule has 25 heavy (non-hydrogen) atoms. The third kappa shape index (κ3) is 3.75. The second kappa shape index (κ2) is 7.55. The fraction of sp³-hybridized carbons (Fsp3) is 0.500. The number of hydrogen-bond acceptors (Lipinski definition) is 4. The second-order valence-corrected chi connectivity index (χ2v) is 6.17. The lowest BCUT2D eigenvalue weighted by Gasteiger charge is -2.34. The summed E-state index contributed by atoms with van der Waals surface area (Å²) in [7, 11) is 0. The summed E-state index contributed by atoms with van der Waals surface area (Å²) in [6.07, 6.45) is 0.349. The Kier molecular flexibility index (Phi) is 5.21. The number of ether oxygens (including phenoxy) is 1. The molecule has 134 valence electrons. The lowest BCUT2D eigenvalue weighted by Crippen LogP contribution is -2.51. The van der Waals surface area contributed by atoms with Crippen molar-refractivity contribution in [3.05, 3.63) is 29.8 Å². The van der Waals surface area contributed by atoms with Crippen molar-refractivity contribution in [2.45, 2.75) is 19.8 Å². The van der Waals surface area contributed by atoms with Crippen molar-refractivity contribution >= 4 is 23.6 Å². The van der Waals surface area contributed by atoms with Crippen LogP contribution >= 0.6 is 0 Å². The van der Waals surface area contributed by atoms with E-state index >= 15 is 0 Å². The fourth-order valence-corrected chi connectivity index (χ4v) is 3.29. The molecule has 0 spiro atoms. The number of carbonyl (C=O) groups is 3. The maximum absolute atomic E-state index is 12.5. The van der Waals surface area contributed by atoms with Gasteiger partial charge in [-0.05, 0) is 25.0 Å². The minimum absolute atomic E-state index is 0.131. The Bertz CT molecular complexity index is 668. The first-order valence-electron chi connectivity index (χ1n) is 8.68. The van der Waals surface area contributed by atoms with Crippen molar-refractivity contribution in [1.29, 1.82) is 0 Å². The molecule has 0 saturated carbocycles. The van der Waals surface area contributed by atoms with Crippen molar-refractivity contribution in [2.24, 2.45) is 0 Å². The highest BCUT2D eigenvalue weighted by Crippen LogP contribution is 2.28. The summed E-state index contributed by atoms with van der Waals surface area (Å²) < 4.78 is 4.97. The van der Waals surface area contributed by atoms with Gasteiger partial charge in [-0.3, -0.25) is 9.59 Å². The number of rotatable bonds is 3. The van der Waals surface area contributed by atoms with E-state index in [2.05, 4.69) is 0 Å². The second-order valence-electron chi connectivity index (χ2n) is 6.17. The Hall–Kier alpha value is -2.57. The van der Waals surface area contributed by atoms with Crippen LogP contribution in [0.2, 0.25) is 0 Å². The van der Waals surface area contributed by atoms with E-state index in [1.807, 2.05) is 24.3 Å². The molecule has 0 unspecified atom stereocenters. The number of anilines is 1. The molecule has 0 atom stereocenters. The summed E-state index contributed by atoms with van der Waals surface area (Å²) in [5.74, 6) is -0.347. The minimum Gasteiger partial charge on any atom is -0.450 e. The normalized spacial score (nSPS) is 16.6. The summed E-state index contributed by atoms with van der Waals surface area (Å²) in [6, 6.07) is 7.80. The molecule has 1 saturated heterocycles. The lowest BCUT2D eigenvalue weighted by molar-refractivity contribution is -0.136. The third-order valence-electron chi connectivity index (χ3n) is 4.65. The number of amides is 3. The summed E-state index contributed by atoms with van der Waals surface area (Å²) >= 11 is 0. The summed E-state index contributed by atoms with van der Waals surface area (Å²) in [5, 5.41) is 0. The van der Waals surface area contributed by atoms with Crippen LogP contribution in [-0.4, -0.2) is 67.0 Å². The first-order valence-corrected chi connectivity index (χ1v) is 8.68. The van der Waals surface area contributed by atoms with Crippen LogP contribution in [0.5, 0.6) is 0 Å². The topological polar surface area (TPSA) is 70.2 Å². The average Bonchev–Trinajstić information content (AvgIpc) is 3.06. The van der Waals surface area contributed by atoms with E-state index in [0.717, 1.165) is 17.7 Å². The first kappa shape index (κ1) is 17.3. The third-order valence-corrected chi connectivity index (χ3v) is 4.65. The number of fused-ring (bicyclic) bond motifs is 1. The number of hydrogen-bond donors (Lipinski definition) is 0. The van der Waals surface area contributed by atoms with E-state index in [-0.39, 0.29) is 24.3 Å². The Morgan fingerprint density at radius 3 is 2.36 bits per heavy atom. The highest BCUT2D eigenvalue weighted by atomic mass is 16.6. The van der Waals surface area contributed by atoms with Crippen LogP contribution in [0.4, 0.5) is 10.5 Å². The maximum Gasteiger partial charge on any atom is 0.409 e. The van der Waals surface area contributed by atoms with Gasteiger partial charge in [-0.2, -0.15) is 0 Å². The van der Waals surface area contributed by atoms with E-state index < -0.39 is 0 Å². The zero-order valence-corrected chi connectivity index (χ0v) is 14.4. The molecular weight excluding hydrogens is 322 g/mol. The van der Waals surface area contributed by atoms with Gasteiger partial charge in [0.25, 0.3) is 0 Å². The molecule has 1 aromatic carbocycles. The quantitative estimate of drug-likeness (QED) is 0.774.